The molecule has 4 aromatic rings. The van der Waals surface area contributed by atoms with Gasteiger partial charge in [-0.2, -0.15) is 0 Å². The summed E-state index contributed by atoms with van der Waals surface area (Å²) in [5.74, 6) is -0.430. The number of likely N-dealkylation sites (N-methyl/N-ethyl adjacent to an activating group) is 2. The maximum Gasteiger partial charge on any atom is 0.338 e. The highest BCUT2D eigenvalue weighted by atomic mass is 16.5. The number of carbonyl (C=O) groups excluding carboxylic acids is 2. The number of aliphatic imine (C=N–C) groups is 1. The fourth-order valence-electron chi connectivity index (χ4n) is 5.02. The van der Waals surface area contributed by atoms with E-state index in [2.05, 4.69) is 21.8 Å². The second kappa shape index (κ2) is 12.6. The molecule has 0 saturated carbocycles. The van der Waals surface area contributed by atoms with Crippen molar-refractivity contribution in [3.63, 3.8) is 0 Å². The first-order valence-corrected chi connectivity index (χ1v) is 14.2. The molecule has 9 nitrogen and oxygen atoms in total. The number of carbonyl (C=O) groups is 2. The molecule has 42 heavy (non-hydrogen) atoms. The molecule has 3 aromatic carbocycles. The number of ether oxygens (including phenoxy) is 1. The van der Waals surface area contributed by atoms with E-state index in [1.807, 2.05) is 54.6 Å². The van der Waals surface area contributed by atoms with Gasteiger partial charge in [-0.1, -0.05) is 36.4 Å². The number of aromatic amines is 1. The van der Waals surface area contributed by atoms with Gasteiger partial charge in [0.15, 0.2) is 5.88 Å². The van der Waals surface area contributed by atoms with Gasteiger partial charge in [0.1, 0.15) is 0 Å². The van der Waals surface area contributed by atoms with Gasteiger partial charge in [-0.25, -0.2) is 9.79 Å². The number of benzene rings is 3. The SMILES string of the molecule is CC(C)OC(=O)c1ccc2c(C(=Nc3ccc(N(C)C(=O)CN4CCN(C)CC4)cc3)c3ccccc3)c(O)[nH]c2c1. The summed E-state index contributed by atoms with van der Waals surface area (Å²) in [4.78, 5) is 39.5. The Kier molecular flexibility index (Phi) is 8.70. The molecule has 0 unspecified atom stereocenters. The highest BCUT2D eigenvalue weighted by molar-refractivity contribution is 6.22. The van der Waals surface area contributed by atoms with E-state index in [1.54, 1.807) is 44.0 Å². The zero-order valence-corrected chi connectivity index (χ0v) is 24.5. The van der Waals surface area contributed by atoms with Gasteiger partial charge in [0.2, 0.25) is 5.91 Å². The number of fused-ring (bicyclic) bond motifs is 1. The third kappa shape index (κ3) is 6.53. The summed E-state index contributed by atoms with van der Waals surface area (Å²) in [6.07, 6.45) is -0.237. The van der Waals surface area contributed by atoms with Crippen LogP contribution in [0.1, 0.15) is 35.3 Å². The van der Waals surface area contributed by atoms with Crippen LogP contribution in [0.15, 0.2) is 77.8 Å². The first-order valence-electron chi connectivity index (χ1n) is 14.2. The topological polar surface area (TPSA) is 101 Å². The average molecular weight is 568 g/mol. The highest BCUT2D eigenvalue weighted by Gasteiger charge is 2.22. The Balaban J connectivity index is 1.44. The zero-order valence-electron chi connectivity index (χ0n) is 24.5. The Morgan fingerprint density at radius 1 is 0.976 bits per heavy atom. The summed E-state index contributed by atoms with van der Waals surface area (Å²) in [6.45, 7) is 7.69. The summed E-state index contributed by atoms with van der Waals surface area (Å²) in [5.41, 5.74) is 4.37. The molecule has 0 radical (unpaired) electrons. The third-order valence-electron chi connectivity index (χ3n) is 7.45. The van der Waals surface area contributed by atoms with Crippen LogP contribution >= 0.6 is 0 Å². The number of anilines is 1. The van der Waals surface area contributed by atoms with Crippen molar-refractivity contribution in [1.29, 1.82) is 0 Å². The molecular weight excluding hydrogens is 530 g/mol. The molecular formula is C33H37N5O4. The van der Waals surface area contributed by atoms with Crippen LogP contribution in [0.3, 0.4) is 0 Å². The van der Waals surface area contributed by atoms with Crippen LogP contribution in [0.2, 0.25) is 0 Å². The van der Waals surface area contributed by atoms with E-state index in [4.69, 9.17) is 9.73 Å². The fourth-order valence-corrected chi connectivity index (χ4v) is 5.02. The number of hydrogen-bond donors (Lipinski definition) is 2. The van der Waals surface area contributed by atoms with Crippen LogP contribution < -0.4 is 4.90 Å². The molecule has 1 aromatic heterocycles. The van der Waals surface area contributed by atoms with Gasteiger partial charge >= 0.3 is 5.97 Å². The van der Waals surface area contributed by atoms with Crippen molar-refractivity contribution in [2.24, 2.45) is 4.99 Å². The molecule has 0 bridgehead atoms. The molecule has 1 saturated heterocycles. The Morgan fingerprint density at radius 2 is 1.67 bits per heavy atom. The summed E-state index contributed by atoms with van der Waals surface area (Å²) in [5, 5.41) is 11.8. The normalized spacial score (nSPS) is 14.8. The minimum atomic E-state index is -0.424. The summed E-state index contributed by atoms with van der Waals surface area (Å²) in [6, 6.07) is 22.3. The maximum absolute atomic E-state index is 13.0. The standard InChI is InChI=1S/C33H37N5O4/c1-22(2)42-33(41)24-10-15-27-28(20-24)35-32(40)30(27)31(23-8-6-5-7-9-23)34-25-11-13-26(14-12-25)37(4)29(39)21-38-18-16-36(3)17-19-38/h5-15,20,22,35,40H,16-19,21H2,1-4H3. The number of aromatic nitrogens is 1. The zero-order chi connectivity index (χ0) is 29.8. The van der Waals surface area contributed by atoms with E-state index >= 15 is 0 Å². The number of hydrogen-bond acceptors (Lipinski definition) is 7. The Bertz CT molecular complexity index is 1590. The molecule has 5 rings (SSSR count). The molecule has 9 heteroatoms. The van der Waals surface area contributed by atoms with Gasteiger partial charge in [-0.3, -0.25) is 9.69 Å². The van der Waals surface area contributed by atoms with Crippen LogP contribution in [0.4, 0.5) is 11.4 Å². The molecule has 0 atom stereocenters. The number of rotatable bonds is 8. The molecule has 0 aliphatic carbocycles. The Morgan fingerprint density at radius 3 is 2.33 bits per heavy atom. The van der Waals surface area contributed by atoms with E-state index < -0.39 is 5.97 Å². The monoisotopic (exact) mass is 567 g/mol. The predicted octanol–water partition coefficient (Wildman–Crippen LogP) is 4.82. The second-order valence-corrected chi connectivity index (χ2v) is 10.9. The Labute approximate surface area is 246 Å². The summed E-state index contributed by atoms with van der Waals surface area (Å²) < 4.78 is 5.33. The van der Waals surface area contributed by atoms with E-state index in [-0.39, 0.29) is 17.9 Å². The number of piperazine rings is 1. The minimum Gasteiger partial charge on any atom is -0.494 e. The number of esters is 1. The van der Waals surface area contributed by atoms with E-state index in [0.29, 0.717) is 34.6 Å². The fraction of sp³-hybridized carbons (Fsp3) is 0.303. The third-order valence-corrected chi connectivity index (χ3v) is 7.45. The van der Waals surface area contributed by atoms with Crippen molar-refractivity contribution >= 4 is 39.9 Å². The maximum atomic E-state index is 13.0. The van der Waals surface area contributed by atoms with Crippen LogP contribution in [0.5, 0.6) is 5.88 Å². The van der Waals surface area contributed by atoms with Crippen molar-refractivity contribution < 1.29 is 19.4 Å². The van der Waals surface area contributed by atoms with Crippen LogP contribution in [-0.4, -0.2) is 90.4 Å². The van der Waals surface area contributed by atoms with Crippen molar-refractivity contribution in [3.8, 4) is 5.88 Å². The number of aromatic hydroxyl groups is 1. The highest BCUT2D eigenvalue weighted by Crippen LogP contribution is 2.32. The average Bonchev–Trinajstić information content (AvgIpc) is 3.31. The molecule has 1 aliphatic rings. The van der Waals surface area contributed by atoms with E-state index in [9.17, 15) is 14.7 Å². The van der Waals surface area contributed by atoms with Crippen LogP contribution in [0, 0.1) is 0 Å². The molecule has 2 N–H and O–H groups in total. The first kappa shape index (κ1) is 29.0. The number of H-pyrrole nitrogens is 1. The van der Waals surface area contributed by atoms with Gasteiger partial charge in [-0.15, -0.1) is 0 Å². The van der Waals surface area contributed by atoms with Crippen molar-refractivity contribution in [3.05, 3.63) is 89.5 Å². The van der Waals surface area contributed by atoms with Crippen molar-refractivity contribution in [1.82, 2.24) is 14.8 Å². The second-order valence-electron chi connectivity index (χ2n) is 10.9. The lowest BCUT2D eigenvalue weighted by Crippen LogP contribution is -2.48. The molecule has 0 spiro atoms. The molecule has 1 fully saturated rings. The Hall–Kier alpha value is -4.47. The predicted molar refractivity (Wildman–Crippen MR) is 166 cm³/mol. The summed E-state index contributed by atoms with van der Waals surface area (Å²) >= 11 is 0. The lowest BCUT2D eigenvalue weighted by molar-refractivity contribution is -0.119. The van der Waals surface area contributed by atoms with Gasteiger partial charge in [-0.05, 0) is 57.3 Å². The smallest absolute Gasteiger partial charge is 0.338 e. The first-order chi connectivity index (χ1) is 20.2. The van der Waals surface area contributed by atoms with Crippen molar-refractivity contribution in [2.45, 2.75) is 20.0 Å². The lowest BCUT2D eigenvalue weighted by atomic mass is 10.00. The van der Waals surface area contributed by atoms with E-state index in [1.165, 1.54) is 0 Å². The molecule has 218 valence electrons. The number of nitrogens with one attached hydrogen (secondary N) is 1. The summed E-state index contributed by atoms with van der Waals surface area (Å²) in [7, 11) is 3.89. The molecule has 2 heterocycles. The van der Waals surface area contributed by atoms with Gasteiger partial charge in [0, 0.05) is 55.4 Å². The van der Waals surface area contributed by atoms with Gasteiger partial charge < -0.3 is 24.6 Å². The van der Waals surface area contributed by atoms with Crippen LogP contribution in [-0.2, 0) is 9.53 Å². The molecule has 1 amide bonds. The van der Waals surface area contributed by atoms with Crippen molar-refractivity contribution in [2.75, 3.05) is 51.7 Å². The molecule has 1 aliphatic heterocycles. The van der Waals surface area contributed by atoms with E-state index in [0.717, 1.165) is 42.8 Å². The quantitative estimate of drug-likeness (QED) is 0.234. The van der Waals surface area contributed by atoms with Gasteiger partial charge in [0.05, 0.1) is 35.2 Å². The van der Waals surface area contributed by atoms with Gasteiger partial charge in [0.25, 0.3) is 0 Å². The largest absolute Gasteiger partial charge is 0.494 e. The number of nitrogens with zero attached hydrogens (tertiary/aromatic N) is 4. The lowest BCUT2D eigenvalue weighted by Gasteiger charge is -2.32. The van der Waals surface area contributed by atoms with Crippen LogP contribution in [0.25, 0.3) is 10.9 Å². The number of amides is 1. The minimum absolute atomic E-state index is 0.0427.